The Morgan fingerprint density at radius 1 is 1.53 bits per heavy atom. The lowest BCUT2D eigenvalue weighted by Gasteiger charge is -2.15. The first-order chi connectivity index (χ1) is 7.11. The lowest BCUT2D eigenvalue weighted by molar-refractivity contribution is -0.109. The van der Waals surface area contributed by atoms with E-state index in [-0.39, 0.29) is 10.9 Å². The van der Waals surface area contributed by atoms with Gasteiger partial charge < -0.3 is 10.2 Å². The largest absolute Gasteiger partial charge is 0.389 e. The Morgan fingerprint density at radius 3 is 2.80 bits per heavy atom. The smallest absolute Gasteiger partial charge is 0.185 e. The van der Waals surface area contributed by atoms with Crippen LogP contribution in [0.3, 0.4) is 0 Å². The van der Waals surface area contributed by atoms with Crippen molar-refractivity contribution < 1.29 is 15.0 Å². The van der Waals surface area contributed by atoms with Gasteiger partial charge in [0.25, 0.3) is 0 Å². The maximum absolute atomic E-state index is 10.6. The van der Waals surface area contributed by atoms with E-state index in [1.165, 1.54) is 25.5 Å². The Balaban J connectivity index is 2.53. The van der Waals surface area contributed by atoms with E-state index in [2.05, 4.69) is 9.97 Å². The van der Waals surface area contributed by atoms with Crippen LogP contribution in [0, 0.1) is 0 Å². The van der Waals surface area contributed by atoms with Crippen molar-refractivity contribution in [1.29, 1.82) is 0 Å². The second-order valence-electron chi connectivity index (χ2n) is 2.95. The van der Waals surface area contributed by atoms with Crippen LogP contribution < -0.4 is 0 Å². The first-order valence-electron chi connectivity index (χ1n) is 4.36. The third-order valence-electron chi connectivity index (χ3n) is 1.71. The molecule has 0 aliphatic rings. The standard InChI is InChI=1S/C9H12N2O3S/c1-6(12)15-5-8(13)9(14)7-4-10-2-3-11-7/h2-4,8-9,13-14H,5H2,1H3. The molecule has 6 heteroatoms. The number of nitrogens with zero attached hydrogens (tertiary/aromatic N) is 2. The summed E-state index contributed by atoms with van der Waals surface area (Å²) in [5, 5.41) is 19.1. The van der Waals surface area contributed by atoms with E-state index in [1.54, 1.807) is 0 Å². The number of hydrogen-bond donors (Lipinski definition) is 2. The molecule has 2 N–H and O–H groups in total. The number of aliphatic hydroxyl groups excluding tert-OH is 2. The number of aromatic nitrogens is 2. The molecular formula is C9H12N2O3S. The summed E-state index contributed by atoms with van der Waals surface area (Å²) < 4.78 is 0. The van der Waals surface area contributed by atoms with Gasteiger partial charge in [0.2, 0.25) is 0 Å². The minimum Gasteiger partial charge on any atom is -0.389 e. The highest BCUT2D eigenvalue weighted by Gasteiger charge is 2.20. The molecule has 15 heavy (non-hydrogen) atoms. The molecule has 0 aliphatic carbocycles. The predicted octanol–water partition coefficient (Wildman–Crippen LogP) is 0.151. The van der Waals surface area contributed by atoms with Gasteiger partial charge in [-0.1, -0.05) is 11.8 Å². The van der Waals surface area contributed by atoms with Crippen molar-refractivity contribution in [3.63, 3.8) is 0 Å². The summed E-state index contributed by atoms with van der Waals surface area (Å²) in [6.07, 6.45) is 2.17. The van der Waals surface area contributed by atoms with Crippen LogP contribution in [0.15, 0.2) is 18.6 Å². The van der Waals surface area contributed by atoms with Gasteiger partial charge >= 0.3 is 0 Å². The molecule has 0 aliphatic heterocycles. The molecule has 1 aromatic heterocycles. The molecule has 0 radical (unpaired) electrons. The number of carbonyl (C=O) groups excluding carboxylic acids is 1. The van der Waals surface area contributed by atoms with Gasteiger partial charge in [0.1, 0.15) is 6.10 Å². The number of carbonyl (C=O) groups is 1. The van der Waals surface area contributed by atoms with Gasteiger partial charge in [-0.15, -0.1) is 0 Å². The Labute approximate surface area is 91.6 Å². The summed E-state index contributed by atoms with van der Waals surface area (Å²) in [4.78, 5) is 18.3. The molecule has 1 heterocycles. The number of hydrogen-bond acceptors (Lipinski definition) is 6. The molecule has 82 valence electrons. The van der Waals surface area contributed by atoms with E-state index >= 15 is 0 Å². The number of aliphatic hydroxyl groups is 2. The Bertz CT molecular complexity index is 320. The van der Waals surface area contributed by atoms with Crippen molar-refractivity contribution >= 4 is 16.9 Å². The molecule has 0 saturated heterocycles. The number of thioether (sulfide) groups is 1. The third kappa shape index (κ3) is 3.94. The van der Waals surface area contributed by atoms with Crippen molar-refractivity contribution in [1.82, 2.24) is 9.97 Å². The minimum atomic E-state index is -1.11. The van der Waals surface area contributed by atoms with Gasteiger partial charge in [0.15, 0.2) is 5.12 Å². The second-order valence-corrected chi connectivity index (χ2v) is 4.14. The van der Waals surface area contributed by atoms with Gasteiger partial charge in [0, 0.05) is 25.1 Å². The Kier molecular flexibility index (Phi) is 4.67. The molecule has 0 amide bonds. The van der Waals surface area contributed by atoms with Gasteiger partial charge in [-0.25, -0.2) is 0 Å². The van der Waals surface area contributed by atoms with Gasteiger partial charge in [-0.05, 0) is 0 Å². The summed E-state index contributed by atoms with van der Waals surface area (Å²) in [6, 6.07) is 0. The first-order valence-corrected chi connectivity index (χ1v) is 5.35. The molecule has 0 saturated carbocycles. The molecule has 2 unspecified atom stereocenters. The Morgan fingerprint density at radius 2 is 2.27 bits per heavy atom. The molecule has 2 atom stereocenters. The maximum Gasteiger partial charge on any atom is 0.185 e. The summed E-state index contributed by atoms with van der Waals surface area (Å²) in [5.41, 5.74) is 0.300. The fourth-order valence-corrected chi connectivity index (χ4v) is 1.54. The molecule has 5 nitrogen and oxygen atoms in total. The first kappa shape index (κ1) is 12.1. The fraction of sp³-hybridized carbons (Fsp3) is 0.444. The number of rotatable bonds is 4. The van der Waals surface area contributed by atoms with E-state index in [0.29, 0.717) is 5.69 Å². The van der Waals surface area contributed by atoms with E-state index < -0.39 is 12.2 Å². The summed E-state index contributed by atoms with van der Waals surface area (Å²) in [7, 11) is 0. The zero-order chi connectivity index (χ0) is 11.3. The molecule has 0 spiro atoms. The molecule has 0 bridgehead atoms. The summed E-state index contributed by atoms with van der Waals surface area (Å²) in [5.74, 6) is 0.146. The normalized spacial score (nSPS) is 14.6. The quantitative estimate of drug-likeness (QED) is 0.763. The van der Waals surface area contributed by atoms with E-state index in [4.69, 9.17) is 0 Å². The van der Waals surface area contributed by atoms with Gasteiger partial charge in [-0.2, -0.15) is 0 Å². The summed E-state index contributed by atoms with van der Waals surface area (Å²) >= 11 is 0.965. The van der Waals surface area contributed by atoms with Crippen LogP contribution in [-0.4, -0.2) is 37.2 Å². The van der Waals surface area contributed by atoms with Crippen LogP contribution in [0.2, 0.25) is 0 Å². The highest BCUT2D eigenvalue weighted by atomic mass is 32.2. The molecular weight excluding hydrogens is 216 g/mol. The zero-order valence-electron chi connectivity index (χ0n) is 8.20. The third-order valence-corrected chi connectivity index (χ3v) is 2.62. The van der Waals surface area contributed by atoms with Crippen LogP contribution in [0.25, 0.3) is 0 Å². The van der Waals surface area contributed by atoms with E-state index in [0.717, 1.165) is 11.8 Å². The second kappa shape index (κ2) is 5.79. The zero-order valence-corrected chi connectivity index (χ0v) is 9.02. The van der Waals surface area contributed by atoms with Crippen molar-refractivity contribution in [3.05, 3.63) is 24.3 Å². The van der Waals surface area contributed by atoms with Crippen LogP contribution in [0.4, 0.5) is 0 Å². The van der Waals surface area contributed by atoms with Crippen molar-refractivity contribution in [3.8, 4) is 0 Å². The fourth-order valence-electron chi connectivity index (χ4n) is 0.954. The van der Waals surface area contributed by atoms with Crippen molar-refractivity contribution in [2.45, 2.75) is 19.1 Å². The molecule has 1 rings (SSSR count). The van der Waals surface area contributed by atoms with Crippen LogP contribution in [0.5, 0.6) is 0 Å². The lowest BCUT2D eigenvalue weighted by Crippen LogP contribution is -2.22. The van der Waals surface area contributed by atoms with E-state index in [1.807, 2.05) is 0 Å². The minimum absolute atomic E-state index is 0.0969. The molecule has 0 fully saturated rings. The van der Waals surface area contributed by atoms with E-state index in [9.17, 15) is 15.0 Å². The SMILES string of the molecule is CC(=O)SCC(O)C(O)c1cnccn1. The van der Waals surface area contributed by atoms with Crippen molar-refractivity contribution in [2.75, 3.05) is 5.75 Å². The van der Waals surface area contributed by atoms with Gasteiger partial charge in [0.05, 0.1) is 18.0 Å². The lowest BCUT2D eigenvalue weighted by atomic mass is 10.2. The van der Waals surface area contributed by atoms with Gasteiger partial charge in [-0.3, -0.25) is 14.8 Å². The predicted molar refractivity (Wildman–Crippen MR) is 56.1 cm³/mol. The van der Waals surface area contributed by atoms with Crippen LogP contribution in [0.1, 0.15) is 18.7 Å². The highest BCUT2D eigenvalue weighted by molar-refractivity contribution is 8.13. The van der Waals surface area contributed by atoms with Crippen LogP contribution in [-0.2, 0) is 4.79 Å². The topological polar surface area (TPSA) is 83.3 Å². The molecule has 1 aromatic rings. The van der Waals surface area contributed by atoms with Crippen LogP contribution >= 0.6 is 11.8 Å². The monoisotopic (exact) mass is 228 g/mol. The average Bonchev–Trinajstić information content (AvgIpc) is 2.26. The maximum atomic E-state index is 10.6. The van der Waals surface area contributed by atoms with Crippen molar-refractivity contribution in [2.24, 2.45) is 0 Å². The molecule has 0 aromatic carbocycles. The highest BCUT2D eigenvalue weighted by Crippen LogP contribution is 2.17. The Hall–Kier alpha value is -0.980. The average molecular weight is 228 g/mol. The summed E-state index contributed by atoms with van der Waals surface area (Å²) in [6.45, 7) is 1.41.